The monoisotopic (exact) mass is 206 g/mol. The van der Waals surface area contributed by atoms with E-state index in [-0.39, 0.29) is 0 Å². The lowest BCUT2D eigenvalue weighted by Gasteiger charge is -2.22. The predicted molar refractivity (Wildman–Crippen MR) is 62.2 cm³/mol. The fraction of sp³-hybridized carbons (Fsp3) is 0.636. The average molecular weight is 206 g/mol. The van der Waals surface area contributed by atoms with E-state index in [1.165, 1.54) is 6.42 Å². The first kappa shape index (κ1) is 10.2. The van der Waals surface area contributed by atoms with Crippen molar-refractivity contribution < 1.29 is 0 Å². The number of nitrogens with one attached hydrogen (secondary N) is 1. The van der Waals surface area contributed by atoms with Gasteiger partial charge in [-0.3, -0.25) is 0 Å². The minimum Gasteiger partial charge on any atom is -0.357 e. The van der Waals surface area contributed by atoms with Gasteiger partial charge in [-0.15, -0.1) is 0 Å². The maximum absolute atomic E-state index is 4.46. The van der Waals surface area contributed by atoms with Gasteiger partial charge in [0.05, 0.1) is 0 Å². The Labute approximate surface area is 90.7 Å². The third-order valence-corrected chi connectivity index (χ3v) is 2.94. The minimum absolute atomic E-state index is 0.583. The second kappa shape index (κ2) is 4.04. The molecule has 1 fully saturated rings. The van der Waals surface area contributed by atoms with Crippen molar-refractivity contribution in [2.45, 2.75) is 26.3 Å². The van der Waals surface area contributed by atoms with Gasteiger partial charge in [0.2, 0.25) is 5.95 Å². The zero-order chi connectivity index (χ0) is 10.8. The molecule has 0 aromatic carbocycles. The lowest BCUT2D eigenvalue weighted by molar-refractivity contribution is 0.625. The fourth-order valence-electron chi connectivity index (χ4n) is 2.25. The van der Waals surface area contributed by atoms with E-state index >= 15 is 0 Å². The van der Waals surface area contributed by atoms with Crippen molar-refractivity contribution in [3.05, 3.63) is 12.3 Å². The molecule has 0 aliphatic carbocycles. The van der Waals surface area contributed by atoms with Crippen LogP contribution in [0.15, 0.2) is 12.3 Å². The highest BCUT2D eigenvalue weighted by molar-refractivity contribution is 5.44. The van der Waals surface area contributed by atoms with Crippen LogP contribution in [0, 0.1) is 5.92 Å². The van der Waals surface area contributed by atoms with Crippen molar-refractivity contribution in [2.24, 2.45) is 5.92 Å². The van der Waals surface area contributed by atoms with Crippen LogP contribution < -0.4 is 10.2 Å². The van der Waals surface area contributed by atoms with Gasteiger partial charge in [0.1, 0.15) is 5.82 Å². The maximum atomic E-state index is 4.46. The van der Waals surface area contributed by atoms with Gasteiger partial charge in [-0.1, -0.05) is 6.92 Å². The molecular weight excluding hydrogens is 188 g/mol. The van der Waals surface area contributed by atoms with Crippen molar-refractivity contribution in [3.63, 3.8) is 0 Å². The number of hydrogen-bond acceptors (Lipinski definition) is 4. The highest BCUT2D eigenvalue weighted by Gasteiger charge is 2.27. The molecule has 2 rings (SSSR count). The van der Waals surface area contributed by atoms with Gasteiger partial charge in [0.15, 0.2) is 0 Å². The molecular formula is C11H18N4. The Hall–Kier alpha value is -1.32. The quantitative estimate of drug-likeness (QED) is 0.800. The first-order chi connectivity index (χ1) is 7.20. The van der Waals surface area contributed by atoms with Crippen LogP contribution in [0.1, 0.15) is 20.3 Å². The van der Waals surface area contributed by atoms with E-state index in [4.69, 9.17) is 0 Å². The topological polar surface area (TPSA) is 41.1 Å². The van der Waals surface area contributed by atoms with Crippen LogP contribution in [0.4, 0.5) is 11.8 Å². The molecule has 0 radical (unpaired) electrons. The number of anilines is 2. The molecule has 1 aromatic heterocycles. The van der Waals surface area contributed by atoms with Gasteiger partial charge >= 0.3 is 0 Å². The third-order valence-electron chi connectivity index (χ3n) is 2.94. The number of aromatic nitrogens is 2. The van der Waals surface area contributed by atoms with Gasteiger partial charge in [-0.05, 0) is 25.3 Å². The standard InChI is InChI=1S/C11H18N4/c1-8-6-9(2)15(7-8)10-4-5-13-11(12-3)14-10/h4-5,8-9H,6-7H2,1-3H3,(H,12,13,14). The average Bonchev–Trinajstić information content (AvgIpc) is 2.58. The van der Waals surface area contributed by atoms with E-state index in [1.54, 1.807) is 0 Å². The van der Waals surface area contributed by atoms with Gasteiger partial charge < -0.3 is 10.2 Å². The molecule has 0 saturated carbocycles. The highest BCUT2D eigenvalue weighted by atomic mass is 15.3. The van der Waals surface area contributed by atoms with Crippen LogP contribution in [-0.4, -0.2) is 29.6 Å². The molecule has 0 spiro atoms. The molecule has 0 bridgehead atoms. The molecule has 82 valence electrons. The smallest absolute Gasteiger partial charge is 0.224 e. The van der Waals surface area contributed by atoms with Crippen LogP contribution in [0.3, 0.4) is 0 Å². The van der Waals surface area contributed by atoms with Crippen molar-refractivity contribution in [1.29, 1.82) is 0 Å². The summed E-state index contributed by atoms with van der Waals surface area (Å²) in [6, 6.07) is 2.56. The van der Waals surface area contributed by atoms with E-state index in [1.807, 2.05) is 19.3 Å². The molecule has 1 N–H and O–H groups in total. The second-order valence-electron chi connectivity index (χ2n) is 4.33. The Balaban J connectivity index is 2.21. The number of nitrogens with zero attached hydrogens (tertiary/aromatic N) is 3. The largest absolute Gasteiger partial charge is 0.357 e. The van der Waals surface area contributed by atoms with Crippen molar-refractivity contribution in [2.75, 3.05) is 23.8 Å². The minimum atomic E-state index is 0.583. The summed E-state index contributed by atoms with van der Waals surface area (Å²) in [4.78, 5) is 10.9. The molecule has 4 heteroatoms. The Morgan fingerprint density at radius 1 is 1.47 bits per heavy atom. The summed E-state index contributed by atoms with van der Waals surface area (Å²) >= 11 is 0. The summed E-state index contributed by atoms with van der Waals surface area (Å²) in [5.74, 6) is 2.48. The molecule has 1 aliphatic rings. The normalized spacial score (nSPS) is 25.7. The summed E-state index contributed by atoms with van der Waals surface area (Å²) in [6.45, 7) is 5.64. The molecule has 15 heavy (non-hydrogen) atoms. The Morgan fingerprint density at radius 3 is 2.87 bits per heavy atom. The van der Waals surface area contributed by atoms with Crippen LogP contribution in [0.25, 0.3) is 0 Å². The molecule has 1 saturated heterocycles. The van der Waals surface area contributed by atoms with Crippen LogP contribution in [0.5, 0.6) is 0 Å². The van der Waals surface area contributed by atoms with E-state index < -0.39 is 0 Å². The van der Waals surface area contributed by atoms with E-state index in [0.717, 1.165) is 18.3 Å². The van der Waals surface area contributed by atoms with Gasteiger partial charge in [0.25, 0.3) is 0 Å². The Kier molecular flexibility index (Phi) is 2.75. The van der Waals surface area contributed by atoms with E-state index in [9.17, 15) is 0 Å². The van der Waals surface area contributed by atoms with Gasteiger partial charge in [-0.2, -0.15) is 4.98 Å². The Morgan fingerprint density at radius 2 is 2.27 bits per heavy atom. The third kappa shape index (κ3) is 2.03. The molecule has 0 amide bonds. The molecule has 1 aromatic rings. The summed E-state index contributed by atoms with van der Waals surface area (Å²) in [7, 11) is 1.84. The van der Waals surface area contributed by atoms with E-state index in [2.05, 4.69) is 34.0 Å². The van der Waals surface area contributed by atoms with Crippen LogP contribution in [0.2, 0.25) is 0 Å². The van der Waals surface area contributed by atoms with Crippen LogP contribution >= 0.6 is 0 Å². The number of rotatable bonds is 2. The van der Waals surface area contributed by atoms with Crippen molar-refractivity contribution >= 4 is 11.8 Å². The fourth-order valence-corrected chi connectivity index (χ4v) is 2.25. The molecule has 2 unspecified atom stereocenters. The summed E-state index contributed by atoms with van der Waals surface area (Å²) in [5.41, 5.74) is 0. The molecule has 2 heterocycles. The first-order valence-electron chi connectivity index (χ1n) is 5.48. The predicted octanol–water partition coefficient (Wildman–Crippen LogP) is 1.75. The molecule has 2 atom stereocenters. The highest BCUT2D eigenvalue weighted by Crippen LogP contribution is 2.27. The lowest BCUT2D eigenvalue weighted by atomic mass is 10.1. The summed E-state index contributed by atoms with van der Waals surface area (Å²) < 4.78 is 0. The zero-order valence-electron chi connectivity index (χ0n) is 9.57. The van der Waals surface area contributed by atoms with Gasteiger partial charge in [-0.25, -0.2) is 4.98 Å². The summed E-state index contributed by atoms with van der Waals surface area (Å²) in [6.07, 6.45) is 3.06. The number of hydrogen-bond donors (Lipinski definition) is 1. The van der Waals surface area contributed by atoms with Crippen LogP contribution in [-0.2, 0) is 0 Å². The Bertz CT molecular complexity index is 339. The summed E-state index contributed by atoms with van der Waals surface area (Å²) in [5, 5.41) is 2.97. The molecule has 4 nitrogen and oxygen atoms in total. The molecule has 1 aliphatic heterocycles. The lowest BCUT2D eigenvalue weighted by Crippen LogP contribution is -2.27. The van der Waals surface area contributed by atoms with Gasteiger partial charge in [0, 0.05) is 25.8 Å². The van der Waals surface area contributed by atoms with Crippen molar-refractivity contribution in [1.82, 2.24) is 9.97 Å². The second-order valence-corrected chi connectivity index (χ2v) is 4.33. The SMILES string of the molecule is CNc1nccc(N2CC(C)CC2C)n1. The zero-order valence-corrected chi connectivity index (χ0v) is 9.57. The van der Waals surface area contributed by atoms with E-state index in [0.29, 0.717) is 12.0 Å². The maximum Gasteiger partial charge on any atom is 0.224 e. The van der Waals surface area contributed by atoms with Crippen molar-refractivity contribution in [3.8, 4) is 0 Å². The first-order valence-corrected chi connectivity index (χ1v) is 5.48.